The van der Waals surface area contributed by atoms with Gasteiger partial charge in [0.1, 0.15) is 11.5 Å². The summed E-state index contributed by atoms with van der Waals surface area (Å²) >= 11 is 0. The first-order valence-corrected chi connectivity index (χ1v) is 10.1. The van der Waals surface area contributed by atoms with Gasteiger partial charge >= 0.3 is 0 Å². The van der Waals surface area contributed by atoms with E-state index >= 15 is 0 Å². The highest BCUT2D eigenvalue weighted by atomic mass is 16.5. The molecule has 1 fully saturated rings. The lowest BCUT2D eigenvalue weighted by Crippen LogP contribution is -2.37. The topological polar surface area (TPSA) is 72.6 Å². The molecule has 0 saturated carbocycles. The predicted octanol–water partition coefficient (Wildman–Crippen LogP) is 4.60. The molecule has 1 aliphatic rings. The van der Waals surface area contributed by atoms with E-state index in [0.29, 0.717) is 28.5 Å². The standard InChI is InChI=1S/C25H24N2O3/c26-24(28)20-6-10-22(11-7-20)30-23-12-8-21(9-13-23)25(29)27-16-14-19(15-17-27)18-4-2-1-3-5-18/h1-13,19H,14-17H2,(H2,26,28). The second-order valence-electron chi connectivity index (χ2n) is 7.49. The van der Waals surface area contributed by atoms with Gasteiger partial charge in [-0.15, -0.1) is 0 Å². The minimum absolute atomic E-state index is 0.0545. The van der Waals surface area contributed by atoms with Crippen LogP contribution in [0.25, 0.3) is 0 Å². The molecule has 2 N–H and O–H groups in total. The van der Waals surface area contributed by atoms with Gasteiger partial charge in [-0.05, 0) is 72.9 Å². The van der Waals surface area contributed by atoms with Gasteiger partial charge < -0.3 is 15.4 Å². The van der Waals surface area contributed by atoms with Crippen LogP contribution in [0.5, 0.6) is 11.5 Å². The lowest BCUT2D eigenvalue weighted by Gasteiger charge is -2.32. The minimum atomic E-state index is -0.475. The molecule has 0 spiro atoms. The van der Waals surface area contributed by atoms with Crippen LogP contribution in [-0.4, -0.2) is 29.8 Å². The minimum Gasteiger partial charge on any atom is -0.457 e. The van der Waals surface area contributed by atoms with Crippen LogP contribution in [0.15, 0.2) is 78.9 Å². The van der Waals surface area contributed by atoms with Crippen molar-refractivity contribution in [1.29, 1.82) is 0 Å². The number of hydrogen-bond acceptors (Lipinski definition) is 3. The first-order valence-electron chi connectivity index (χ1n) is 10.1. The summed E-state index contributed by atoms with van der Waals surface area (Å²) in [6, 6.07) is 24.3. The zero-order chi connectivity index (χ0) is 20.9. The van der Waals surface area contributed by atoms with Gasteiger partial charge in [-0.25, -0.2) is 0 Å². The molecule has 0 atom stereocenters. The maximum Gasteiger partial charge on any atom is 0.253 e. The van der Waals surface area contributed by atoms with E-state index in [0.717, 1.165) is 25.9 Å². The van der Waals surface area contributed by atoms with E-state index in [1.165, 1.54) is 5.56 Å². The fraction of sp³-hybridized carbons (Fsp3) is 0.200. The summed E-state index contributed by atoms with van der Waals surface area (Å²) in [6.45, 7) is 1.53. The molecule has 2 amide bonds. The number of amides is 2. The first kappa shape index (κ1) is 19.7. The van der Waals surface area contributed by atoms with Gasteiger partial charge in [0.15, 0.2) is 0 Å². The molecular weight excluding hydrogens is 376 g/mol. The molecule has 0 aromatic heterocycles. The summed E-state index contributed by atoms with van der Waals surface area (Å²) in [5.74, 6) is 1.33. The maximum atomic E-state index is 12.9. The van der Waals surface area contributed by atoms with E-state index in [4.69, 9.17) is 10.5 Å². The van der Waals surface area contributed by atoms with Crippen LogP contribution in [0.1, 0.15) is 45.0 Å². The van der Waals surface area contributed by atoms with Crippen LogP contribution in [-0.2, 0) is 0 Å². The number of carbonyl (C=O) groups excluding carboxylic acids is 2. The molecule has 4 rings (SSSR count). The van der Waals surface area contributed by atoms with Crippen LogP contribution in [0.2, 0.25) is 0 Å². The Bertz CT molecular complexity index is 1010. The van der Waals surface area contributed by atoms with Crippen molar-refractivity contribution in [1.82, 2.24) is 4.90 Å². The number of carbonyl (C=O) groups is 2. The van der Waals surface area contributed by atoms with E-state index in [9.17, 15) is 9.59 Å². The molecule has 0 bridgehead atoms. The van der Waals surface area contributed by atoms with E-state index in [2.05, 4.69) is 24.3 Å². The lowest BCUT2D eigenvalue weighted by atomic mass is 9.89. The number of primary amides is 1. The number of nitrogens with zero attached hydrogens (tertiary/aromatic N) is 1. The third-order valence-electron chi connectivity index (χ3n) is 5.53. The van der Waals surface area contributed by atoms with Gasteiger partial charge in [0, 0.05) is 24.2 Å². The lowest BCUT2D eigenvalue weighted by molar-refractivity contribution is 0.0713. The Morgan fingerprint density at radius 1 is 0.767 bits per heavy atom. The molecule has 0 aliphatic carbocycles. The molecule has 1 heterocycles. The Hall–Kier alpha value is -3.60. The molecule has 1 aliphatic heterocycles. The number of likely N-dealkylation sites (tertiary alicyclic amines) is 1. The molecule has 3 aromatic carbocycles. The smallest absolute Gasteiger partial charge is 0.253 e. The number of piperidine rings is 1. The number of rotatable bonds is 5. The largest absolute Gasteiger partial charge is 0.457 e. The summed E-state index contributed by atoms with van der Waals surface area (Å²) in [6.07, 6.45) is 1.97. The first-order chi connectivity index (χ1) is 14.6. The van der Waals surface area contributed by atoms with Crippen LogP contribution in [0.4, 0.5) is 0 Å². The summed E-state index contributed by atoms with van der Waals surface area (Å²) in [7, 11) is 0. The summed E-state index contributed by atoms with van der Waals surface area (Å²) in [4.78, 5) is 25.9. The number of ether oxygens (including phenoxy) is 1. The SMILES string of the molecule is NC(=O)c1ccc(Oc2ccc(C(=O)N3CCC(c4ccccc4)CC3)cc2)cc1. The highest BCUT2D eigenvalue weighted by molar-refractivity contribution is 5.94. The van der Waals surface area contributed by atoms with E-state index in [-0.39, 0.29) is 5.91 Å². The fourth-order valence-corrected chi connectivity index (χ4v) is 3.81. The van der Waals surface area contributed by atoms with E-state index in [1.807, 2.05) is 11.0 Å². The zero-order valence-electron chi connectivity index (χ0n) is 16.7. The van der Waals surface area contributed by atoms with Gasteiger partial charge in [-0.2, -0.15) is 0 Å². The normalized spacial score (nSPS) is 14.3. The third-order valence-corrected chi connectivity index (χ3v) is 5.53. The molecular formula is C25H24N2O3. The quantitative estimate of drug-likeness (QED) is 0.680. The Balaban J connectivity index is 1.34. The van der Waals surface area contributed by atoms with Gasteiger partial charge in [-0.3, -0.25) is 9.59 Å². The molecule has 0 radical (unpaired) electrons. The second kappa shape index (κ2) is 8.82. The summed E-state index contributed by atoms with van der Waals surface area (Å²) < 4.78 is 5.78. The molecule has 5 nitrogen and oxygen atoms in total. The van der Waals surface area contributed by atoms with Crippen molar-refractivity contribution in [2.24, 2.45) is 5.73 Å². The summed E-state index contributed by atoms with van der Waals surface area (Å²) in [5.41, 5.74) is 7.69. The van der Waals surface area contributed by atoms with Crippen LogP contribution < -0.4 is 10.5 Å². The van der Waals surface area contributed by atoms with Crippen molar-refractivity contribution in [3.05, 3.63) is 95.6 Å². The van der Waals surface area contributed by atoms with Crippen molar-refractivity contribution >= 4 is 11.8 Å². The Kier molecular flexibility index (Phi) is 5.80. The number of benzene rings is 3. The fourth-order valence-electron chi connectivity index (χ4n) is 3.81. The number of nitrogens with two attached hydrogens (primary N) is 1. The van der Waals surface area contributed by atoms with Gasteiger partial charge in [-0.1, -0.05) is 30.3 Å². The highest BCUT2D eigenvalue weighted by Crippen LogP contribution is 2.29. The molecule has 0 unspecified atom stereocenters. The highest BCUT2D eigenvalue weighted by Gasteiger charge is 2.24. The van der Waals surface area contributed by atoms with Crippen LogP contribution in [0.3, 0.4) is 0 Å². The predicted molar refractivity (Wildman–Crippen MR) is 116 cm³/mol. The third kappa shape index (κ3) is 4.51. The molecule has 30 heavy (non-hydrogen) atoms. The van der Waals surface area contributed by atoms with E-state index in [1.54, 1.807) is 48.5 Å². The zero-order valence-corrected chi connectivity index (χ0v) is 16.7. The molecule has 3 aromatic rings. The summed E-state index contributed by atoms with van der Waals surface area (Å²) in [5, 5.41) is 0. The van der Waals surface area contributed by atoms with Crippen molar-refractivity contribution in [2.45, 2.75) is 18.8 Å². The van der Waals surface area contributed by atoms with Crippen LogP contribution in [0, 0.1) is 0 Å². The van der Waals surface area contributed by atoms with E-state index < -0.39 is 5.91 Å². The Morgan fingerprint density at radius 2 is 1.30 bits per heavy atom. The maximum absolute atomic E-state index is 12.9. The molecule has 1 saturated heterocycles. The van der Waals surface area contributed by atoms with Crippen molar-refractivity contribution in [3.63, 3.8) is 0 Å². The van der Waals surface area contributed by atoms with Gasteiger partial charge in [0.2, 0.25) is 5.91 Å². The number of hydrogen-bond donors (Lipinski definition) is 1. The Morgan fingerprint density at radius 3 is 1.83 bits per heavy atom. The monoisotopic (exact) mass is 400 g/mol. The second-order valence-corrected chi connectivity index (χ2v) is 7.49. The average Bonchev–Trinajstić information content (AvgIpc) is 2.80. The Labute approximate surface area is 176 Å². The van der Waals surface area contributed by atoms with Crippen molar-refractivity contribution in [3.8, 4) is 11.5 Å². The average molecular weight is 400 g/mol. The van der Waals surface area contributed by atoms with Crippen molar-refractivity contribution < 1.29 is 14.3 Å². The van der Waals surface area contributed by atoms with Gasteiger partial charge in [0.05, 0.1) is 0 Å². The van der Waals surface area contributed by atoms with Gasteiger partial charge in [0.25, 0.3) is 5.91 Å². The van der Waals surface area contributed by atoms with Crippen LogP contribution >= 0.6 is 0 Å². The molecule has 5 heteroatoms. The molecule has 152 valence electrons. The van der Waals surface area contributed by atoms with Crippen molar-refractivity contribution in [2.75, 3.05) is 13.1 Å².